The summed E-state index contributed by atoms with van der Waals surface area (Å²) in [6, 6.07) is 11.2. The van der Waals surface area contributed by atoms with Gasteiger partial charge in [-0.2, -0.15) is 5.26 Å². The minimum Gasteiger partial charge on any atom is -0.454 e. The van der Waals surface area contributed by atoms with Gasteiger partial charge in [0.25, 0.3) is 5.69 Å². The fourth-order valence-corrected chi connectivity index (χ4v) is 2.81. The van der Waals surface area contributed by atoms with Gasteiger partial charge in [0.15, 0.2) is 11.5 Å². The van der Waals surface area contributed by atoms with E-state index in [1.54, 1.807) is 24.3 Å². The number of nitro benzene ring substituents is 1. The molecule has 2 aromatic rings. The second-order valence-corrected chi connectivity index (χ2v) is 6.30. The summed E-state index contributed by atoms with van der Waals surface area (Å²) in [5.74, 6) is 0.463. The van der Waals surface area contributed by atoms with Crippen molar-refractivity contribution in [1.29, 1.82) is 5.26 Å². The summed E-state index contributed by atoms with van der Waals surface area (Å²) in [5.41, 5.74) is 1.13. The summed E-state index contributed by atoms with van der Waals surface area (Å²) in [7, 11) is 0. The Bertz CT molecular complexity index is 1000. The Morgan fingerprint density at radius 2 is 1.96 bits per heavy atom. The minimum atomic E-state index is -0.494. The molecular weight excluding hydrogens is 348 g/mol. The summed E-state index contributed by atoms with van der Waals surface area (Å²) >= 11 is 0. The van der Waals surface area contributed by atoms with Gasteiger partial charge in [-0.15, -0.1) is 0 Å². The standard InChI is InChI=1S/C20H16N2O5/c1-12(2)16-5-3-13(8-17(16)22(24)25)7-15(10-21)20(23)14-4-6-18-19(9-14)27-11-26-18/h3-9,12H,11H2,1-2H3/b15-7+. The van der Waals surface area contributed by atoms with E-state index < -0.39 is 10.7 Å². The highest BCUT2D eigenvalue weighted by atomic mass is 16.7. The van der Waals surface area contributed by atoms with Gasteiger partial charge < -0.3 is 9.47 Å². The normalized spacial score (nSPS) is 12.7. The second-order valence-electron chi connectivity index (χ2n) is 6.30. The number of hydrogen-bond acceptors (Lipinski definition) is 6. The molecular formula is C20H16N2O5. The number of carbonyl (C=O) groups is 1. The molecule has 0 spiro atoms. The van der Waals surface area contributed by atoms with Crippen molar-refractivity contribution in [3.8, 4) is 17.6 Å². The monoisotopic (exact) mass is 364 g/mol. The molecule has 7 heteroatoms. The fourth-order valence-electron chi connectivity index (χ4n) is 2.81. The van der Waals surface area contributed by atoms with Crippen LogP contribution in [0.1, 0.15) is 41.3 Å². The SMILES string of the molecule is CC(C)c1ccc(/C=C(\C#N)C(=O)c2ccc3c(c2)OCO3)cc1[N+](=O)[O-]. The number of nitro groups is 1. The largest absolute Gasteiger partial charge is 0.454 e. The van der Waals surface area contributed by atoms with Gasteiger partial charge in [-0.3, -0.25) is 14.9 Å². The van der Waals surface area contributed by atoms with Gasteiger partial charge in [-0.25, -0.2) is 0 Å². The average molecular weight is 364 g/mol. The van der Waals surface area contributed by atoms with Gasteiger partial charge in [0.05, 0.1) is 4.92 Å². The lowest BCUT2D eigenvalue weighted by Gasteiger charge is -2.07. The van der Waals surface area contributed by atoms with Crippen molar-refractivity contribution in [2.24, 2.45) is 0 Å². The van der Waals surface area contributed by atoms with Crippen molar-refractivity contribution in [3.63, 3.8) is 0 Å². The maximum absolute atomic E-state index is 12.7. The molecule has 0 N–H and O–H groups in total. The third-order valence-corrected chi connectivity index (χ3v) is 4.18. The molecule has 0 bridgehead atoms. The van der Waals surface area contributed by atoms with E-state index in [1.807, 2.05) is 19.9 Å². The minimum absolute atomic E-state index is 0.0193. The summed E-state index contributed by atoms with van der Waals surface area (Å²) in [4.78, 5) is 23.5. The molecule has 0 amide bonds. The molecule has 0 saturated heterocycles. The van der Waals surface area contributed by atoms with Crippen molar-refractivity contribution in [2.75, 3.05) is 6.79 Å². The Balaban J connectivity index is 1.97. The first-order valence-corrected chi connectivity index (χ1v) is 8.25. The van der Waals surface area contributed by atoms with Crippen LogP contribution in [-0.2, 0) is 0 Å². The molecule has 2 aromatic carbocycles. The highest BCUT2D eigenvalue weighted by Gasteiger charge is 2.20. The number of Topliss-reactive ketones (excluding diaryl/α,β-unsaturated/α-hetero) is 1. The number of fused-ring (bicyclic) bond motifs is 1. The second kappa shape index (κ2) is 7.30. The lowest BCUT2D eigenvalue weighted by atomic mass is 9.97. The maximum atomic E-state index is 12.7. The predicted octanol–water partition coefficient (Wildman–Crippen LogP) is 4.24. The van der Waals surface area contributed by atoms with E-state index in [0.717, 1.165) is 0 Å². The molecule has 136 valence electrons. The van der Waals surface area contributed by atoms with Crippen LogP contribution in [-0.4, -0.2) is 17.5 Å². The predicted molar refractivity (Wildman–Crippen MR) is 97.7 cm³/mol. The first-order chi connectivity index (χ1) is 12.9. The number of rotatable bonds is 5. The van der Waals surface area contributed by atoms with Crippen molar-refractivity contribution in [1.82, 2.24) is 0 Å². The Morgan fingerprint density at radius 3 is 2.63 bits per heavy atom. The molecule has 0 saturated carbocycles. The van der Waals surface area contributed by atoms with Crippen LogP contribution in [0.2, 0.25) is 0 Å². The number of nitrogens with zero attached hydrogens (tertiary/aromatic N) is 2. The number of nitriles is 1. The molecule has 7 nitrogen and oxygen atoms in total. The van der Waals surface area contributed by atoms with E-state index in [0.29, 0.717) is 22.6 Å². The van der Waals surface area contributed by atoms with E-state index in [9.17, 15) is 20.2 Å². The van der Waals surface area contributed by atoms with Crippen LogP contribution in [0.25, 0.3) is 6.08 Å². The topological polar surface area (TPSA) is 102 Å². The van der Waals surface area contributed by atoms with E-state index in [1.165, 1.54) is 18.2 Å². The van der Waals surface area contributed by atoms with Crippen LogP contribution in [0, 0.1) is 21.4 Å². The molecule has 1 aliphatic rings. The first kappa shape index (κ1) is 18.1. The van der Waals surface area contributed by atoms with Crippen molar-refractivity contribution in [2.45, 2.75) is 19.8 Å². The van der Waals surface area contributed by atoms with Crippen LogP contribution in [0.5, 0.6) is 11.5 Å². The summed E-state index contributed by atoms with van der Waals surface area (Å²) in [5, 5.41) is 20.7. The number of carbonyl (C=O) groups excluding carboxylic acids is 1. The molecule has 0 aromatic heterocycles. The molecule has 1 heterocycles. The smallest absolute Gasteiger partial charge is 0.273 e. The Hall–Kier alpha value is -3.66. The average Bonchev–Trinajstić information content (AvgIpc) is 3.12. The molecule has 0 atom stereocenters. The first-order valence-electron chi connectivity index (χ1n) is 8.25. The summed E-state index contributed by atoms with van der Waals surface area (Å²) < 4.78 is 10.5. The summed E-state index contributed by atoms with van der Waals surface area (Å²) in [6.07, 6.45) is 1.35. The van der Waals surface area contributed by atoms with Crippen molar-refractivity contribution >= 4 is 17.5 Å². The van der Waals surface area contributed by atoms with Gasteiger partial charge in [-0.1, -0.05) is 26.0 Å². The number of allylic oxidation sites excluding steroid dienone is 1. The van der Waals surface area contributed by atoms with Crippen molar-refractivity contribution < 1.29 is 19.2 Å². The molecule has 27 heavy (non-hydrogen) atoms. The van der Waals surface area contributed by atoms with Crippen LogP contribution in [0.15, 0.2) is 42.0 Å². The van der Waals surface area contributed by atoms with Crippen molar-refractivity contribution in [3.05, 3.63) is 68.8 Å². The lowest BCUT2D eigenvalue weighted by Crippen LogP contribution is -2.02. The van der Waals surface area contributed by atoms with E-state index in [4.69, 9.17) is 9.47 Å². The Morgan fingerprint density at radius 1 is 1.22 bits per heavy atom. The number of ketones is 1. The molecule has 1 aliphatic heterocycles. The van der Waals surface area contributed by atoms with Crippen LogP contribution >= 0.6 is 0 Å². The van der Waals surface area contributed by atoms with Gasteiger partial charge in [0.1, 0.15) is 11.6 Å². The van der Waals surface area contributed by atoms with Crippen LogP contribution in [0.4, 0.5) is 5.69 Å². The van der Waals surface area contributed by atoms with Gasteiger partial charge in [-0.05, 0) is 35.8 Å². The van der Waals surface area contributed by atoms with Gasteiger partial charge >= 0.3 is 0 Å². The third-order valence-electron chi connectivity index (χ3n) is 4.18. The number of benzene rings is 2. The zero-order valence-corrected chi connectivity index (χ0v) is 14.8. The Kier molecular flexibility index (Phi) is 4.90. The zero-order chi connectivity index (χ0) is 19.6. The zero-order valence-electron chi connectivity index (χ0n) is 14.8. The molecule has 0 fully saturated rings. The highest BCUT2D eigenvalue weighted by Crippen LogP contribution is 2.33. The fraction of sp³-hybridized carbons (Fsp3) is 0.200. The molecule has 0 unspecified atom stereocenters. The van der Waals surface area contributed by atoms with Crippen LogP contribution in [0.3, 0.4) is 0 Å². The maximum Gasteiger partial charge on any atom is 0.273 e. The van der Waals surface area contributed by atoms with Gasteiger partial charge in [0.2, 0.25) is 12.6 Å². The van der Waals surface area contributed by atoms with Crippen LogP contribution < -0.4 is 9.47 Å². The Labute approximate surface area is 155 Å². The molecule has 0 radical (unpaired) electrons. The lowest BCUT2D eigenvalue weighted by molar-refractivity contribution is -0.385. The molecule has 0 aliphatic carbocycles. The highest BCUT2D eigenvalue weighted by molar-refractivity contribution is 6.14. The molecule has 3 rings (SSSR count). The van der Waals surface area contributed by atoms with E-state index in [-0.39, 0.29) is 29.5 Å². The van der Waals surface area contributed by atoms with E-state index >= 15 is 0 Å². The third kappa shape index (κ3) is 3.65. The van der Waals surface area contributed by atoms with E-state index in [2.05, 4.69) is 0 Å². The number of ether oxygens (including phenoxy) is 2. The number of hydrogen-bond donors (Lipinski definition) is 0. The summed E-state index contributed by atoms with van der Waals surface area (Å²) in [6.45, 7) is 3.81. The quantitative estimate of drug-likeness (QED) is 0.258. The van der Waals surface area contributed by atoms with Gasteiger partial charge in [0, 0.05) is 17.2 Å².